The quantitative estimate of drug-likeness (QED) is 0.789. The maximum absolute atomic E-state index is 12.0. The highest BCUT2D eigenvalue weighted by molar-refractivity contribution is 5.95. The Hall–Kier alpha value is -1.79. The molecule has 6 nitrogen and oxygen atoms in total. The van der Waals surface area contributed by atoms with Gasteiger partial charge in [-0.3, -0.25) is 9.59 Å². The van der Waals surface area contributed by atoms with Crippen LogP contribution in [0, 0.1) is 5.92 Å². The molecule has 1 atom stereocenters. The number of hydrogen-bond acceptors (Lipinski definition) is 4. The molecule has 1 aliphatic heterocycles. The summed E-state index contributed by atoms with van der Waals surface area (Å²) in [6.07, 6.45) is 0.848. The lowest BCUT2D eigenvalue weighted by Gasteiger charge is -2.13. The molecule has 116 valence electrons. The van der Waals surface area contributed by atoms with Crippen molar-refractivity contribution in [3.8, 4) is 5.75 Å². The largest absolute Gasteiger partial charge is 0.495 e. The highest BCUT2D eigenvalue weighted by Gasteiger charge is 2.22. The summed E-state index contributed by atoms with van der Waals surface area (Å²) in [5.41, 5.74) is 1.19. The fraction of sp³-hybridized carbons (Fsp3) is 0.429. The van der Waals surface area contributed by atoms with E-state index in [0.29, 0.717) is 23.7 Å². The highest BCUT2D eigenvalue weighted by Crippen LogP contribution is 2.28. The number of ether oxygens (including phenoxy) is 1. The molecule has 0 spiro atoms. The fourth-order valence-electron chi connectivity index (χ4n) is 2.20. The Labute approximate surface area is 130 Å². The van der Waals surface area contributed by atoms with Crippen LogP contribution in [0.15, 0.2) is 18.2 Å². The smallest absolute Gasteiger partial charge is 0.228 e. The molecular formula is C14H20ClN3O3. The van der Waals surface area contributed by atoms with E-state index in [0.717, 1.165) is 13.0 Å². The topological polar surface area (TPSA) is 79.5 Å². The molecule has 1 heterocycles. The third-order valence-electron chi connectivity index (χ3n) is 3.21. The zero-order valence-electron chi connectivity index (χ0n) is 12.1. The summed E-state index contributed by atoms with van der Waals surface area (Å²) in [5, 5.41) is 8.70. The Morgan fingerprint density at radius 2 is 2.10 bits per heavy atom. The molecule has 2 rings (SSSR count). The lowest BCUT2D eigenvalue weighted by Crippen LogP contribution is -2.24. The molecule has 0 bridgehead atoms. The summed E-state index contributed by atoms with van der Waals surface area (Å²) in [4.78, 5) is 23.2. The summed E-state index contributed by atoms with van der Waals surface area (Å²) in [6, 6.07) is 5.17. The second kappa shape index (κ2) is 7.85. The number of anilines is 2. The minimum atomic E-state index is -0.188. The molecular weight excluding hydrogens is 294 g/mol. The highest BCUT2D eigenvalue weighted by atomic mass is 35.5. The van der Waals surface area contributed by atoms with Gasteiger partial charge in [0.2, 0.25) is 11.8 Å². The lowest BCUT2D eigenvalue weighted by atomic mass is 10.1. The number of carbonyl (C=O) groups excluding carboxylic acids is 2. The SMILES string of the molecule is COc1ccc(NC(=O)C2CCNC2)cc1NC(C)=O.Cl. The summed E-state index contributed by atoms with van der Waals surface area (Å²) in [5.74, 6) is 0.364. The Balaban J connectivity index is 0.00000220. The van der Waals surface area contributed by atoms with Gasteiger partial charge in [-0.2, -0.15) is 0 Å². The first-order valence-corrected chi connectivity index (χ1v) is 6.57. The molecule has 1 aromatic carbocycles. The third kappa shape index (κ3) is 4.61. The van der Waals surface area contributed by atoms with Crippen molar-refractivity contribution in [3.05, 3.63) is 18.2 Å². The molecule has 1 fully saturated rings. The van der Waals surface area contributed by atoms with E-state index in [4.69, 9.17) is 4.74 Å². The van der Waals surface area contributed by atoms with E-state index in [9.17, 15) is 9.59 Å². The molecule has 1 aliphatic rings. The fourth-order valence-corrected chi connectivity index (χ4v) is 2.20. The van der Waals surface area contributed by atoms with E-state index in [-0.39, 0.29) is 30.1 Å². The molecule has 3 N–H and O–H groups in total. The van der Waals surface area contributed by atoms with Gasteiger partial charge in [-0.05, 0) is 31.2 Å². The van der Waals surface area contributed by atoms with Crippen LogP contribution in [0.1, 0.15) is 13.3 Å². The van der Waals surface area contributed by atoms with E-state index >= 15 is 0 Å². The van der Waals surface area contributed by atoms with Crippen LogP contribution >= 0.6 is 12.4 Å². The Bertz CT molecular complexity index is 516. The van der Waals surface area contributed by atoms with Crippen molar-refractivity contribution >= 4 is 35.6 Å². The number of carbonyl (C=O) groups is 2. The number of benzene rings is 1. The number of nitrogens with one attached hydrogen (secondary N) is 3. The second-order valence-electron chi connectivity index (χ2n) is 4.78. The van der Waals surface area contributed by atoms with Crippen LogP contribution in [0.3, 0.4) is 0 Å². The summed E-state index contributed by atoms with van der Waals surface area (Å²) in [6.45, 7) is 3.01. The molecule has 1 unspecified atom stereocenters. The van der Waals surface area contributed by atoms with Crippen LogP contribution in [0.2, 0.25) is 0 Å². The van der Waals surface area contributed by atoms with E-state index in [1.165, 1.54) is 14.0 Å². The molecule has 21 heavy (non-hydrogen) atoms. The molecule has 1 saturated heterocycles. The second-order valence-corrected chi connectivity index (χ2v) is 4.78. The van der Waals surface area contributed by atoms with Crippen LogP contribution < -0.4 is 20.7 Å². The summed E-state index contributed by atoms with van der Waals surface area (Å²) >= 11 is 0. The van der Waals surface area contributed by atoms with Gasteiger partial charge in [-0.25, -0.2) is 0 Å². The molecule has 0 aromatic heterocycles. The van der Waals surface area contributed by atoms with E-state index in [1.54, 1.807) is 18.2 Å². The van der Waals surface area contributed by atoms with E-state index < -0.39 is 0 Å². The zero-order chi connectivity index (χ0) is 14.5. The molecule has 1 aromatic rings. The number of rotatable bonds is 4. The molecule has 7 heteroatoms. The van der Waals surface area contributed by atoms with Gasteiger partial charge in [0.25, 0.3) is 0 Å². The Kier molecular flexibility index (Phi) is 6.45. The van der Waals surface area contributed by atoms with Gasteiger partial charge in [-0.15, -0.1) is 12.4 Å². The van der Waals surface area contributed by atoms with Crippen molar-refractivity contribution < 1.29 is 14.3 Å². The predicted octanol–water partition coefficient (Wildman–Crippen LogP) is 1.62. The van der Waals surface area contributed by atoms with Gasteiger partial charge in [0.15, 0.2) is 0 Å². The van der Waals surface area contributed by atoms with Gasteiger partial charge in [0.05, 0.1) is 18.7 Å². The van der Waals surface area contributed by atoms with Gasteiger partial charge in [0.1, 0.15) is 5.75 Å². The number of methoxy groups -OCH3 is 1. The average Bonchev–Trinajstić information content (AvgIpc) is 2.92. The molecule has 2 amide bonds. The van der Waals surface area contributed by atoms with E-state index in [2.05, 4.69) is 16.0 Å². The third-order valence-corrected chi connectivity index (χ3v) is 3.21. The van der Waals surface area contributed by atoms with Crippen molar-refractivity contribution in [2.24, 2.45) is 5.92 Å². The maximum Gasteiger partial charge on any atom is 0.228 e. The minimum absolute atomic E-state index is 0. The van der Waals surface area contributed by atoms with E-state index in [1.807, 2.05) is 0 Å². The number of hydrogen-bond donors (Lipinski definition) is 3. The Morgan fingerprint density at radius 1 is 1.33 bits per heavy atom. The lowest BCUT2D eigenvalue weighted by molar-refractivity contribution is -0.119. The average molecular weight is 314 g/mol. The number of amides is 2. The zero-order valence-corrected chi connectivity index (χ0v) is 12.9. The van der Waals surface area contributed by atoms with Crippen molar-refractivity contribution in [1.82, 2.24) is 5.32 Å². The predicted molar refractivity (Wildman–Crippen MR) is 84.2 cm³/mol. The monoisotopic (exact) mass is 313 g/mol. The maximum atomic E-state index is 12.0. The van der Waals surface area contributed by atoms with Crippen molar-refractivity contribution in [3.63, 3.8) is 0 Å². The summed E-state index contributed by atoms with van der Waals surface area (Å²) in [7, 11) is 1.53. The standard InChI is InChI=1S/C14H19N3O3.ClH/c1-9(18)16-12-7-11(3-4-13(12)20-2)17-14(19)10-5-6-15-8-10;/h3-4,7,10,15H,5-6,8H2,1-2H3,(H,16,18)(H,17,19);1H. The van der Waals surface area contributed by atoms with Crippen LogP contribution in [0.4, 0.5) is 11.4 Å². The van der Waals surface area contributed by atoms with Crippen LogP contribution in [-0.2, 0) is 9.59 Å². The normalized spacial score (nSPS) is 16.8. The molecule has 0 radical (unpaired) electrons. The minimum Gasteiger partial charge on any atom is -0.495 e. The Morgan fingerprint density at radius 3 is 2.67 bits per heavy atom. The van der Waals surface area contributed by atoms with Gasteiger partial charge in [0, 0.05) is 19.2 Å². The van der Waals surface area contributed by atoms with Crippen LogP contribution in [0.25, 0.3) is 0 Å². The first-order chi connectivity index (χ1) is 9.60. The molecule has 0 aliphatic carbocycles. The van der Waals surface area contributed by atoms with Crippen LogP contribution in [-0.4, -0.2) is 32.0 Å². The van der Waals surface area contributed by atoms with Crippen molar-refractivity contribution in [2.75, 3.05) is 30.8 Å². The van der Waals surface area contributed by atoms with Crippen molar-refractivity contribution in [1.29, 1.82) is 0 Å². The first-order valence-electron chi connectivity index (χ1n) is 6.57. The van der Waals surface area contributed by atoms with Gasteiger partial charge in [-0.1, -0.05) is 0 Å². The van der Waals surface area contributed by atoms with Gasteiger partial charge >= 0.3 is 0 Å². The number of halogens is 1. The van der Waals surface area contributed by atoms with Gasteiger partial charge < -0.3 is 20.7 Å². The van der Waals surface area contributed by atoms with Crippen LogP contribution in [0.5, 0.6) is 5.75 Å². The first kappa shape index (κ1) is 17.3. The molecule has 0 saturated carbocycles. The summed E-state index contributed by atoms with van der Waals surface area (Å²) < 4.78 is 5.17. The van der Waals surface area contributed by atoms with Crippen molar-refractivity contribution in [2.45, 2.75) is 13.3 Å².